The van der Waals surface area contributed by atoms with Crippen molar-refractivity contribution in [3.63, 3.8) is 0 Å². The van der Waals surface area contributed by atoms with Crippen LogP contribution in [0, 0.1) is 5.92 Å². The van der Waals surface area contributed by atoms with Crippen LogP contribution in [0.25, 0.3) is 0 Å². The van der Waals surface area contributed by atoms with Gasteiger partial charge in [0.1, 0.15) is 12.1 Å². The third-order valence-electron chi connectivity index (χ3n) is 2.18. The van der Waals surface area contributed by atoms with Crippen LogP contribution in [0.4, 0.5) is 10.6 Å². The van der Waals surface area contributed by atoms with Gasteiger partial charge in [-0.2, -0.15) is 0 Å². The molecule has 0 aliphatic carbocycles. The molecule has 0 aliphatic heterocycles. The number of aromatic nitrogens is 2. The summed E-state index contributed by atoms with van der Waals surface area (Å²) >= 11 is 0. The van der Waals surface area contributed by atoms with E-state index in [4.69, 9.17) is 9.47 Å². The van der Waals surface area contributed by atoms with Gasteiger partial charge in [-0.15, -0.1) is 0 Å². The van der Waals surface area contributed by atoms with Gasteiger partial charge in [-0.1, -0.05) is 13.8 Å². The fourth-order valence-electron chi connectivity index (χ4n) is 1.30. The number of anilines is 1. The summed E-state index contributed by atoms with van der Waals surface area (Å²) in [5.74, 6) is 0.989. The van der Waals surface area contributed by atoms with E-state index in [-0.39, 0.29) is 6.03 Å². The van der Waals surface area contributed by atoms with Gasteiger partial charge in [0.25, 0.3) is 0 Å². The first-order chi connectivity index (χ1) is 9.68. The molecule has 1 rings (SSSR count). The summed E-state index contributed by atoms with van der Waals surface area (Å²) in [6, 6.07) is 1.30. The lowest BCUT2D eigenvalue weighted by molar-refractivity contribution is 0.0393. The number of ether oxygens (including phenoxy) is 2. The Balaban J connectivity index is 1.95. The Morgan fingerprint density at radius 2 is 2.10 bits per heavy atom. The second-order valence-electron chi connectivity index (χ2n) is 4.56. The molecule has 20 heavy (non-hydrogen) atoms. The first kappa shape index (κ1) is 16.3. The molecule has 7 nitrogen and oxygen atoms in total. The van der Waals surface area contributed by atoms with Crippen molar-refractivity contribution in [1.82, 2.24) is 15.3 Å². The molecule has 1 aromatic rings. The van der Waals surface area contributed by atoms with Gasteiger partial charge >= 0.3 is 6.03 Å². The zero-order valence-corrected chi connectivity index (χ0v) is 12.0. The molecule has 0 atom stereocenters. The van der Waals surface area contributed by atoms with Crippen LogP contribution in [0.3, 0.4) is 0 Å². The number of carbonyl (C=O) groups is 1. The van der Waals surface area contributed by atoms with Crippen LogP contribution in [0.1, 0.15) is 13.8 Å². The predicted molar refractivity (Wildman–Crippen MR) is 75.5 cm³/mol. The minimum atomic E-state index is -0.316. The molecule has 0 spiro atoms. The van der Waals surface area contributed by atoms with Crippen LogP contribution >= 0.6 is 0 Å². The summed E-state index contributed by atoms with van der Waals surface area (Å²) in [6.45, 7) is 6.92. The maximum absolute atomic E-state index is 11.5. The third-order valence-corrected chi connectivity index (χ3v) is 2.18. The Labute approximate surface area is 119 Å². The first-order valence-corrected chi connectivity index (χ1v) is 6.65. The van der Waals surface area contributed by atoms with E-state index < -0.39 is 0 Å². The van der Waals surface area contributed by atoms with Gasteiger partial charge in [0.15, 0.2) is 0 Å². The van der Waals surface area contributed by atoms with E-state index >= 15 is 0 Å². The molecule has 2 amide bonds. The molecule has 1 aromatic heterocycles. The van der Waals surface area contributed by atoms with Crippen LogP contribution in [0.5, 0.6) is 0 Å². The van der Waals surface area contributed by atoms with Crippen molar-refractivity contribution in [2.24, 2.45) is 5.92 Å². The highest BCUT2D eigenvalue weighted by Crippen LogP contribution is 1.96. The maximum Gasteiger partial charge on any atom is 0.320 e. The molecule has 0 radical (unpaired) electrons. The van der Waals surface area contributed by atoms with Crippen molar-refractivity contribution in [3.8, 4) is 0 Å². The lowest BCUT2D eigenvalue weighted by Crippen LogP contribution is -2.32. The molecule has 7 heteroatoms. The maximum atomic E-state index is 11.5. The van der Waals surface area contributed by atoms with E-state index in [9.17, 15) is 4.79 Å². The van der Waals surface area contributed by atoms with Crippen molar-refractivity contribution in [2.45, 2.75) is 13.8 Å². The monoisotopic (exact) mass is 282 g/mol. The van der Waals surface area contributed by atoms with Gasteiger partial charge in [-0.25, -0.2) is 14.8 Å². The quantitative estimate of drug-likeness (QED) is 0.667. The number of hydrogen-bond donors (Lipinski definition) is 2. The van der Waals surface area contributed by atoms with Gasteiger partial charge in [0, 0.05) is 19.3 Å². The minimum Gasteiger partial charge on any atom is -0.379 e. The summed E-state index contributed by atoms with van der Waals surface area (Å²) in [6.07, 6.45) is 2.93. The smallest absolute Gasteiger partial charge is 0.320 e. The van der Waals surface area contributed by atoms with Crippen molar-refractivity contribution < 1.29 is 14.3 Å². The second-order valence-corrected chi connectivity index (χ2v) is 4.56. The predicted octanol–water partition coefficient (Wildman–Crippen LogP) is 1.29. The van der Waals surface area contributed by atoms with E-state index in [1.54, 1.807) is 12.3 Å². The Bertz CT molecular complexity index is 373. The summed E-state index contributed by atoms with van der Waals surface area (Å²) in [5, 5.41) is 5.25. The lowest BCUT2D eigenvalue weighted by Gasteiger charge is -2.08. The Kier molecular flexibility index (Phi) is 8.25. The van der Waals surface area contributed by atoms with Gasteiger partial charge in [0.2, 0.25) is 0 Å². The summed E-state index contributed by atoms with van der Waals surface area (Å²) in [7, 11) is 0. The summed E-state index contributed by atoms with van der Waals surface area (Å²) in [5.41, 5.74) is 0. The zero-order valence-electron chi connectivity index (χ0n) is 12.0. The zero-order chi connectivity index (χ0) is 14.6. The van der Waals surface area contributed by atoms with Crippen LogP contribution < -0.4 is 10.6 Å². The van der Waals surface area contributed by atoms with E-state index in [0.29, 0.717) is 38.1 Å². The van der Waals surface area contributed by atoms with Gasteiger partial charge < -0.3 is 14.8 Å². The summed E-state index contributed by atoms with van der Waals surface area (Å²) < 4.78 is 10.7. The largest absolute Gasteiger partial charge is 0.379 e. The van der Waals surface area contributed by atoms with E-state index in [2.05, 4.69) is 34.4 Å². The Morgan fingerprint density at radius 3 is 2.80 bits per heavy atom. The highest BCUT2D eigenvalue weighted by Gasteiger charge is 2.01. The van der Waals surface area contributed by atoms with Crippen LogP contribution in [-0.4, -0.2) is 49.0 Å². The highest BCUT2D eigenvalue weighted by molar-refractivity contribution is 5.87. The number of nitrogens with zero attached hydrogens (tertiary/aromatic N) is 2. The van der Waals surface area contributed by atoms with E-state index in [1.165, 1.54) is 6.33 Å². The number of nitrogens with one attached hydrogen (secondary N) is 2. The molecule has 0 fully saturated rings. The van der Waals surface area contributed by atoms with E-state index in [0.717, 1.165) is 6.61 Å². The van der Waals surface area contributed by atoms with Crippen molar-refractivity contribution in [2.75, 3.05) is 38.3 Å². The van der Waals surface area contributed by atoms with Crippen molar-refractivity contribution >= 4 is 11.8 Å². The topological polar surface area (TPSA) is 85.4 Å². The molecule has 0 aliphatic rings. The molecular weight excluding hydrogens is 260 g/mol. The number of rotatable bonds is 9. The fraction of sp³-hybridized carbons (Fsp3) is 0.615. The molecule has 0 bridgehead atoms. The average molecular weight is 282 g/mol. The molecule has 2 N–H and O–H groups in total. The molecule has 0 aromatic carbocycles. The molecule has 1 heterocycles. The Hall–Kier alpha value is -1.73. The van der Waals surface area contributed by atoms with Gasteiger partial charge in [-0.3, -0.25) is 5.32 Å². The molecule has 112 valence electrons. The van der Waals surface area contributed by atoms with Crippen LogP contribution in [-0.2, 0) is 9.47 Å². The second kappa shape index (κ2) is 10.1. The van der Waals surface area contributed by atoms with Gasteiger partial charge in [-0.05, 0) is 12.0 Å². The Morgan fingerprint density at radius 1 is 1.30 bits per heavy atom. The third kappa shape index (κ3) is 8.39. The number of carbonyl (C=O) groups excluding carboxylic acids is 1. The van der Waals surface area contributed by atoms with Crippen molar-refractivity contribution in [3.05, 3.63) is 18.6 Å². The fourth-order valence-corrected chi connectivity index (χ4v) is 1.30. The van der Waals surface area contributed by atoms with Crippen LogP contribution in [0.15, 0.2) is 18.6 Å². The molecule has 0 unspecified atom stereocenters. The number of amides is 2. The standard InChI is InChI=1S/C13H22N4O3/c1-11(2)9-20-8-7-19-6-5-15-13(18)17-12-3-4-14-10-16-12/h3-4,10-11H,5-9H2,1-2H3,(H2,14,15,16,17,18). The molecule has 0 saturated heterocycles. The number of urea groups is 1. The minimum absolute atomic E-state index is 0.316. The summed E-state index contributed by atoms with van der Waals surface area (Å²) in [4.78, 5) is 19.1. The van der Waals surface area contributed by atoms with Crippen molar-refractivity contribution in [1.29, 1.82) is 0 Å². The lowest BCUT2D eigenvalue weighted by atomic mass is 10.2. The normalized spacial score (nSPS) is 10.6. The van der Waals surface area contributed by atoms with Crippen LogP contribution in [0.2, 0.25) is 0 Å². The van der Waals surface area contributed by atoms with Gasteiger partial charge in [0.05, 0.1) is 19.8 Å². The number of hydrogen-bond acceptors (Lipinski definition) is 5. The average Bonchev–Trinajstić information content (AvgIpc) is 2.42. The SMILES string of the molecule is CC(C)COCCOCCNC(=O)Nc1ccncn1. The highest BCUT2D eigenvalue weighted by atomic mass is 16.5. The molecular formula is C13H22N4O3. The first-order valence-electron chi connectivity index (χ1n) is 6.65. The van der Waals surface area contributed by atoms with E-state index in [1.807, 2.05) is 0 Å². The molecule has 0 saturated carbocycles.